The van der Waals surface area contributed by atoms with Crippen molar-refractivity contribution in [3.8, 4) is 0 Å². The summed E-state index contributed by atoms with van der Waals surface area (Å²) in [5.74, 6) is 1.34. The minimum Gasteiger partial charge on any atom is -0.362 e. The van der Waals surface area contributed by atoms with Gasteiger partial charge in [0.2, 0.25) is 0 Å². The molecular formula is C7H11NO. The first kappa shape index (κ1) is 6.33. The second-order valence-electron chi connectivity index (χ2n) is 2.39. The highest BCUT2D eigenvalue weighted by Gasteiger charge is 2.08. The monoisotopic (exact) mass is 125 g/mol. The molecule has 1 heterocycles. The van der Waals surface area contributed by atoms with Crippen LogP contribution in [-0.4, -0.2) is 5.71 Å². The van der Waals surface area contributed by atoms with Crippen LogP contribution in [0.1, 0.15) is 20.8 Å². The predicted octanol–water partition coefficient (Wildman–Crippen LogP) is 1.93. The fraction of sp³-hybridized carbons (Fsp3) is 0.571. The maximum absolute atomic E-state index is 4.91. The van der Waals surface area contributed by atoms with Crippen LogP contribution in [0, 0.1) is 5.92 Å². The lowest BCUT2D eigenvalue weighted by Gasteiger charge is -2.12. The topological polar surface area (TPSA) is 21.6 Å². The molecule has 0 aromatic rings. The lowest BCUT2D eigenvalue weighted by molar-refractivity contribution is 0.218. The average Bonchev–Trinajstić information content (AvgIpc) is 1.80. The minimum atomic E-state index is 0.443. The molecule has 0 saturated heterocycles. The van der Waals surface area contributed by atoms with Gasteiger partial charge in [0.25, 0.3) is 0 Å². The molecule has 50 valence electrons. The third-order valence-electron chi connectivity index (χ3n) is 1.48. The zero-order valence-corrected chi connectivity index (χ0v) is 6.01. The van der Waals surface area contributed by atoms with Crippen LogP contribution in [0.25, 0.3) is 0 Å². The average molecular weight is 125 g/mol. The normalized spacial score (nSPS) is 26.3. The Kier molecular flexibility index (Phi) is 1.56. The molecule has 0 aromatic heterocycles. The number of rotatable bonds is 0. The Morgan fingerprint density at radius 2 is 2.22 bits per heavy atom. The van der Waals surface area contributed by atoms with E-state index >= 15 is 0 Å². The number of oxime groups is 1. The largest absolute Gasteiger partial charge is 0.362 e. The second-order valence-corrected chi connectivity index (χ2v) is 2.39. The Morgan fingerprint density at radius 3 is 2.67 bits per heavy atom. The van der Waals surface area contributed by atoms with E-state index in [1.807, 2.05) is 13.8 Å². The molecule has 0 N–H and O–H groups in total. The lowest BCUT2D eigenvalue weighted by Crippen LogP contribution is -2.09. The predicted molar refractivity (Wildman–Crippen MR) is 37.1 cm³/mol. The van der Waals surface area contributed by atoms with Crippen LogP contribution < -0.4 is 0 Å². The van der Waals surface area contributed by atoms with E-state index in [0.717, 1.165) is 11.5 Å². The Labute approximate surface area is 55.2 Å². The molecule has 1 aliphatic rings. The SMILES string of the molecule is CC1=CC(C)C(C)=NO1. The molecule has 0 amide bonds. The highest BCUT2D eigenvalue weighted by Crippen LogP contribution is 2.12. The molecule has 1 atom stereocenters. The van der Waals surface area contributed by atoms with Crippen molar-refractivity contribution in [1.29, 1.82) is 0 Å². The van der Waals surface area contributed by atoms with Gasteiger partial charge >= 0.3 is 0 Å². The van der Waals surface area contributed by atoms with Crippen molar-refractivity contribution in [1.82, 2.24) is 0 Å². The van der Waals surface area contributed by atoms with Gasteiger partial charge in [-0.2, -0.15) is 0 Å². The molecule has 2 heteroatoms. The van der Waals surface area contributed by atoms with Crippen molar-refractivity contribution in [3.05, 3.63) is 11.8 Å². The van der Waals surface area contributed by atoms with Crippen molar-refractivity contribution >= 4 is 5.71 Å². The van der Waals surface area contributed by atoms with Crippen molar-refractivity contribution in [2.75, 3.05) is 0 Å². The Bertz CT molecular complexity index is 170. The summed E-state index contributed by atoms with van der Waals surface area (Å²) in [6.45, 7) is 5.98. The van der Waals surface area contributed by atoms with E-state index in [0.29, 0.717) is 5.92 Å². The molecule has 2 nitrogen and oxygen atoms in total. The third kappa shape index (κ3) is 1.31. The smallest absolute Gasteiger partial charge is 0.128 e. The molecule has 1 rings (SSSR count). The third-order valence-corrected chi connectivity index (χ3v) is 1.48. The van der Waals surface area contributed by atoms with Gasteiger partial charge in [0.1, 0.15) is 5.76 Å². The zero-order valence-electron chi connectivity index (χ0n) is 6.01. The summed E-state index contributed by atoms with van der Waals surface area (Å²) in [6, 6.07) is 0. The van der Waals surface area contributed by atoms with Gasteiger partial charge in [0.05, 0.1) is 5.71 Å². The molecule has 1 aliphatic heterocycles. The standard InChI is InChI=1S/C7H11NO/c1-5-4-6(2)9-8-7(5)3/h4-5H,1-3H3. The van der Waals surface area contributed by atoms with E-state index in [4.69, 9.17) is 4.84 Å². The number of hydrogen-bond donors (Lipinski definition) is 0. The molecule has 1 unspecified atom stereocenters. The van der Waals surface area contributed by atoms with E-state index in [-0.39, 0.29) is 0 Å². The fourth-order valence-corrected chi connectivity index (χ4v) is 0.730. The van der Waals surface area contributed by atoms with Gasteiger partial charge in [-0.05, 0) is 19.9 Å². The number of nitrogens with zero attached hydrogens (tertiary/aromatic N) is 1. The van der Waals surface area contributed by atoms with Crippen LogP contribution in [0.2, 0.25) is 0 Å². The molecule has 0 saturated carbocycles. The van der Waals surface area contributed by atoms with E-state index in [2.05, 4.69) is 18.2 Å². The molecule has 0 aliphatic carbocycles. The minimum absolute atomic E-state index is 0.443. The van der Waals surface area contributed by atoms with Crippen LogP contribution in [0.5, 0.6) is 0 Å². The van der Waals surface area contributed by atoms with Crippen LogP contribution >= 0.6 is 0 Å². The molecule has 0 fully saturated rings. The summed E-state index contributed by atoms with van der Waals surface area (Å²) in [7, 11) is 0. The summed E-state index contributed by atoms with van der Waals surface area (Å²) >= 11 is 0. The maximum atomic E-state index is 4.91. The summed E-state index contributed by atoms with van der Waals surface area (Å²) in [5, 5.41) is 3.84. The van der Waals surface area contributed by atoms with Crippen molar-refractivity contribution in [2.24, 2.45) is 11.1 Å². The van der Waals surface area contributed by atoms with Gasteiger partial charge in [-0.25, -0.2) is 0 Å². The van der Waals surface area contributed by atoms with Crippen molar-refractivity contribution in [2.45, 2.75) is 20.8 Å². The van der Waals surface area contributed by atoms with E-state index in [1.54, 1.807) is 0 Å². The van der Waals surface area contributed by atoms with Crippen LogP contribution in [0.15, 0.2) is 17.0 Å². The second kappa shape index (κ2) is 2.21. The molecular weight excluding hydrogens is 114 g/mol. The highest BCUT2D eigenvalue weighted by molar-refractivity contribution is 5.85. The van der Waals surface area contributed by atoms with E-state index in [1.165, 1.54) is 0 Å². The quantitative estimate of drug-likeness (QED) is 0.484. The van der Waals surface area contributed by atoms with Crippen molar-refractivity contribution < 1.29 is 4.84 Å². The molecule has 9 heavy (non-hydrogen) atoms. The first-order chi connectivity index (χ1) is 4.20. The molecule has 0 spiro atoms. The van der Waals surface area contributed by atoms with Gasteiger partial charge in [-0.15, -0.1) is 0 Å². The maximum Gasteiger partial charge on any atom is 0.128 e. The van der Waals surface area contributed by atoms with Crippen molar-refractivity contribution in [3.63, 3.8) is 0 Å². The number of hydrogen-bond acceptors (Lipinski definition) is 2. The summed E-state index contributed by atoms with van der Waals surface area (Å²) in [6.07, 6.45) is 2.06. The van der Waals surface area contributed by atoms with Crippen LogP contribution in [0.3, 0.4) is 0 Å². The van der Waals surface area contributed by atoms with Gasteiger partial charge in [-0.3, -0.25) is 0 Å². The summed E-state index contributed by atoms with van der Waals surface area (Å²) in [4.78, 5) is 4.91. The Morgan fingerprint density at radius 1 is 1.56 bits per heavy atom. The lowest BCUT2D eigenvalue weighted by atomic mass is 10.1. The van der Waals surface area contributed by atoms with Crippen LogP contribution in [-0.2, 0) is 4.84 Å². The van der Waals surface area contributed by atoms with Gasteiger partial charge < -0.3 is 4.84 Å². The first-order valence-corrected chi connectivity index (χ1v) is 3.10. The van der Waals surface area contributed by atoms with Gasteiger partial charge in [-0.1, -0.05) is 12.1 Å². The number of allylic oxidation sites excluding steroid dienone is 2. The Hall–Kier alpha value is -0.790. The van der Waals surface area contributed by atoms with E-state index in [9.17, 15) is 0 Å². The fourth-order valence-electron chi connectivity index (χ4n) is 0.730. The first-order valence-electron chi connectivity index (χ1n) is 3.10. The van der Waals surface area contributed by atoms with Gasteiger partial charge in [0.15, 0.2) is 0 Å². The van der Waals surface area contributed by atoms with Gasteiger partial charge in [0, 0.05) is 5.92 Å². The Balaban J connectivity index is 2.70. The molecule has 0 aromatic carbocycles. The molecule has 0 bridgehead atoms. The van der Waals surface area contributed by atoms with Crippen LogP contribution in [0.4, 0.5) is 0 Å². The molecule has 0 radical (unpaired) electrons. The summed E-state index contributed by atoms with van der Waals surface area (Å²) in [5.41, 5.74) is 1.04. The zero-order chi connectivity index (χ0) is 6.85. The summed E-state index contributed by atoms with van der Waals surface area (Å²) < 4.78 is 0. The van der Waals surface area contributed by atoms with E-state index < -0.39 is 0 Å². The highest BCUT2D eigenvalue weighted by atomic mass is 16.6.